The van der Waals surface area contributed by atoms with Crippen LogP contribution in [0.3, 0.4) is 0 Å². The third-order valence-electron chi connectivity index (χ3n) is 5.49. The van der Waals surface area contributed by atoms with Crippen molar-refractivity contribution in [2.24, 2.45) is 23.7 Å². The van der Waals surface area contributed by atoms with E-state index in [0.29, 0.717) is 0 Å². The Labute approximate surface area is 120 Å². The Morgan fingerprint density at radius 3 is 2.53 bits per heavy atom. The van der Waals surface area contributed by atoms with E-state index in [1.165, 1.54) is 38.6 Å². The summed E-state index contributed by atoms with van der Waals surface area (Å²) in [4.78, 5) is 0. The maximum atomic E-state index is 3.83. The lowest BCUT2D eigenvalue weighted by molar-refractivity contribution is 0.267. The van der Waals surface area contributed by atoms with Crippen molar-refractivity contribution in [2.75, 3.05) is 6.54 Å². The lowest BCUT2D eigenvalue weighted by Gasteiger charge is -2.27. The molecular formula is C18H35N. The molecule has 2 aliphatic rings. The maximum absolute atomic E-state index is 3.83. The molecule has 0 aromatic rings. The van der Waals surface area contributed by atoms with Crippen molar-refractivity contribution in [1.29, 1.82) is 0 Å². The molecule has 0 amide bonds. The second-order valence-electron chi connectivity index (χ2n) is 7.65. The monoisotopic (exact) mass is 265 g/mol. The van der Waals surface area contributed by atoms with Crippen molar-refractivity contribution in [2.45, 2.75) is 84.6 Å². The van der Waals surface area contributed by atoms with Crippen molar-refractivity contribution < 1.29 is 0 Å². The van der Waals surface area contributed by atoms with Crippen molar-refractivity contribution in [3.63, 3.8) is 0 Å². The van der Waals surface area contributed by atoms with Crippen molar-refractivity contribution in [1.82, 2.24) is 5.32 Å². The lowest BCUT2D eigenvalue weighted by atomic mass is 9.83. The SMILES string of the molecule is CCCNC(CCCC(C)C)CC1CC2CCC1C2. The first-order chi connectivity index (χ1) is 9.19. The van der Waals surface area contributed by atoms with Gasteiger partial charge in [0.1, 0.15) is 0 Å². The minimum atomic E-state index is 0.808. The molecule has 0 aliphatic heterocycles. The predicted octanol–water partition coefficient (Wildman–Crippen LogP) is 5.01. The van der Waals surface area contributed by atoms with Gasteiger partial charge in [0.25, 0.3) is 0 Å². The van der Waals surface area contributed by atoms with E-state index in [1.807, 2.05) is 0 Å². The maximum Gasteiger partial charge on any atom is 0.00698 e. The second kappa shape index (κ2) is 7.67. The highest BCUT2D eigenvalue weighted by atomic mass is 14.9. The Hall–Kier alpha value is -0.0400. The quantitative estimate of drug-likeness (QED) is 0.618. The minimum Gasteiger partial charge on any atom is -0.314 e. The molecule has 2 rings (SSSR count). The molecule has 0 aromatic heterocycles. The number of rotatable bonds is 9. The highest BCUT2D eigenvalue weighted by molar-refractivity contribution is 4.91. The van der Waals surface area contributed by atoms with Gasteiger partial charge < -0.3 is 5.32 Å². The van der Waals surface area contributed by atoms with Crippen molar-refractivity contribution in [3.8, 4) is 0 Å². The summed E-state index contributed by atoms with van der Waals surface area (Å²) in [5.74, 6) is 4.14. The fraction of sp³-hybridized carbons (Fsp3) is 1.00. The molecule has 0 radical (unpaired) electrons. The van der Waals surface area contributed by atoms with Crippen LogP contribution in [0.15, 0.2) is 0 Å². The number of nitrogens with one attached hydrogen (secondary N) is 1. The molecule has 1 nitrogen and oxygen atoms in total. The Morgan fingerprint density at radius 2 is 1.95 bits per heavy atom. The van der Waals surface area contributed by atoms with E-state index in [4.69, 9.17) is 0 Å². The zero-order chi connectivity index (χ0) is 13.7. The smallest absolute Gasteiger partial charge is 0.00698 e. The zero-order valence-electron chi connectivity index (χ0n) is 13.5. The molecule has 2 saturated carbocycles. The summed E-state index contributed by atoms with van der Waals surface area (Å²) < 4.78 is 0. The average molecular weight is 265 g/mol. The first-order valence-electron chi connectivity index (χ1n) is 8.92. The van der Waals surface area contributed by atoms with Crippen LogP contribution in [0, 0.1) is 23.7 Å². The third kappa shape index (κ3) is 4.77. The molecule has 0 saturated heterocycles. The number of hydrogen-bond donors (Lipinski definition) is 1. The zero-order valence-corrected chi connectivity index (χ0v) is 13.5. The number of hydrogen-bond acceptors (Lipinski definition) is 1. The van der Waals surface area contributed by atoms with E-state index < -0.39 is 0 Å². The number of fused-ring (bicyclic) bond motifs is 2. The fourth-order valence-corrected chi connectivity index (χ4v) is 4.45. The summed E-state index contributed by atoms with van der Waals surface area (Å²) >= 11 is 0. The van der Waals surface area contributed by atoms with E-state index in [1.54, 1.807) is 25.7 Å². The van der Waals surface area contributed by atoms with E-state index >= 15 is 0 Å². The van der Waals surface area contributed by atoms with Gasteiger partial charge in [-0.05, 0) is 68.7 Å². The summed E-state index contributed by atoms with van der Waals surface area (Å²) in [5.41, 5.74) is 0. The normalized spacial score (nSPS) is 31.3. The highest BCUT2D eigenvalue weighted by Gasteiger charge is 2.39. The first-order valence-corrected chi connectivity index (χ1v) is 8.92. The van der Waals surface area contributed by atoms with Gasteiger partial charge in [-0.3, -0.25) is 0 Å². The fourth-order valence-electron chi connectivity index (χ4n) is 4.45. The summed E-state index contributed by atoms with van der Waals surface area (Å²) in [6.45, 7) is 8.21. The topological polar surface area (TPSA) is 12.0 Å². The lowest BCUT2D eigenvalue weighted by Crippen LogP contribution is -2.33. The van der Waals surface area contributed by atoms with Crippen LogP contribution in [0.1, 0.15) is 78.6 Å². The van der Waals surface area contributed by atoms with Crippen LogP contribution in [-0.2, 0) is 0 Å². The molecule has 2 aliphatic carbocycles. The van der Waals surface area contributed by atoms with Crippen molar-refractivity contribution >= 4 is 0 Å². The van der Waals surface area contributed by atoms with Crippen LogP contribution < -0.4 is 5.32 Å². The highest BCUT2D eigenvalue weighted by Crippen LogP contribution is 2.50. The van der Waals surface area contributed by atoms with Gasteiger partial charge in [-0.2, -0.15) is 0 Å². The molecule has 19 heavy (non-hydrogen) atoms. The van der Waals surface area contributed by atoms with Crippen LogP contribution in [0.25, 0.3) is 0 Å². The summed E-state index contributed by atoms with van der Waals surface area (Å²) in [5, 5.41) is 3.83. The molecule has 112 valence electrons. The van der Waals surface area contributed by atoms with Crippen molar-refractivity contribution in [3.05, 3.63) is 0 Å². The van der Waals surface area contributed by atoms with Crippen LogP contribution in [-0.4, -0.2) is 12.6 Å². The average Bonchev–Trinajstić information content (AvgIpc) is 2.97. The molecule has 1 heteroatoms. The van der Waals surface area contributed by atoms with E-state index in [2.05, 4.69) is 26.1 Å². The van der Waals surface area contributed by atoms with Gasteiger partial charge in [0, 0.05) is 6.04 Å². The molecule has 0 spiro atoms. The van der Waals surface area contributed by atoms with E-state index in [9.17, 15) is 0 Å². The Balaban J connectivity index is 1.73. The van der Waals surface area contributed by atoms with Gasteiger partial charge in [-0.25, -0.2) is 0 Å². The van der Waals surface area contributed by atoms with Gasteiger partial charge in [0.15, 0.2) is 0 Å². The van der Waals surface area contributed by atoms with Gasteiger partial charge in [0.05, 0.1) is 0 Å². The standard InChI is InChI=1S/C18H35N/c1-4-10-19-18(7-5-6-14(2)3)13-17-12-15-8-9-16(17)11-15/h14-19H,4-13H2,1-3H3. The van der Waals surface area contributed by atoms with Gasteiger partial charge in [0.2, 0.25) is 0 Å². The van der Waals surface area contributed by atoms with Gasteiger partial charge in [-0.15, -0.1) is 0 Å². The molecule has 4 atom stereocenters. The van der Waals surface area contributed by atoms with Crippen LogP contribution in [0.4, 0.5) is 0 Å². The second-order valence-corrected chi connectivity index (χ2v) is 7.65. The van der Waals surface area contributed by atoms with Gasteiger partial charge >= 0.3 is 0 Å². The van der Waals surface area contributed by atoms with E-state index in [0.717, 1.165) is 29.7 Å². The minimum absolute atomic E-state index is 0.808. The van der Waals surface area contributed by atoms with Crippen LogP contribution in [0.2, 0.25) is 0 Å². The summed E-state index contributed by atoms with van der Waals surface area (Å²) in [6, 6.07) is 0.808. The molecule has 0 heterocycles. The molecule has 2 bridgehead atoms. The molecule has 2 fully saturated rings. The van der Waals surface area contributed by atoms with Crippen LogP contribution in [0.5, 0.6) is 0 Å². The third-order valence-corrected chi connectivity index (χ3v) is 5.49. The summed E-state index contributed by atoms with van der Waals surface area (Å²) in [6.07, 6.45) is 13.2. The molecular weight excluding hydrogens is 230 g/mol. The molecule has 0 aromatic carbocycles. The Morgan fingerprint density at radius 1 is 1.11 bits per heavy atom. The van der Waals surface area contributed by atoms with E-state index in [-0.39, 0.29) is 0 Å². The predicted molar refractivity (Wildman–Crippen MR) is 84.3 cm³/mol. The molecule has 4 unspecified atom stereocenters. The first kappa shape index (κ1) is 15.4. The Bertz CT molecular complexity index is 248. The largest absolute Gasteiger partial charge is 0.314 e. The molecule has 1 N–H and O–H groups in total. The van der Waals surface area contributed by atoms with Crippen LogP contribution >= 0.6 is 0 Å². The van der Waals surface area contributed by atoms with Gasteiger partial charge in [-0.1, -0.05) is 40.0 Å². The Kier molecular flexibility index (Phi) is 6.19. The summed E-state index contributed by atoms with van der Waals surface area (Å²) in [7, 11) is 0.